The number of anilines is 1. The summed E-state index contributed by atoms with van der Waals surface area (Å²) in [7, 11) is -3.68. The summed E-state index contributed by atoms with van der Waals surface area (Å²) in [4.78, 5) is 10.9. The summed E-state index contributed by atoms with van der Waals surface area (Å²) in [6.07, 6.45) is 0. The van der Waals surface area contributed by atoms with Crippen LogP contribution in [0, 0.1) is 12.3 Å². The van der Waals surface area contributed by atoms with Gasteiger partial charge in [0.2, 0.25) is 10.0 Å². The van der Waals surface area contributed by atoms with Gasteiger partial charge < -0.3 is 5.11 Å². The van der Waals surface area contributed by atoms with E-state index in [4.69, 9.17) is 5.11 Å². The van der Waals surface area contributed by atoms with Gasteiger partial charge in [0.1, 0.15) is 0 Å². The van der Waals surface area contributed by atoms with Crippen molar-refractivity contribution in [3.05, 3.63) is 29.8 Å². The Labute approximate surface area is 107 Å². The van der Waals surface area contributed by atoms with Gasteiger partial charge in [-0.3, -0.25) is 9.52 Å². The van der Waals surface area contributed by atoms with Crippen LogP contribution in [0.4, 0.5) is 5.69 Å². The summed E-state index contributed by atoms with van der Waals surface area (Å²) in [5.41, 5.74) is 0.127. The van der Waals surface area contributed by atoms with E-state index in [1.807, 2.05) is 6.92 Å². The topological polar surface area (TPSA) is 83.5 Å². The molecule has 0 unspecified atom stereocenters. The maximum atomic E-state index is 11.8. The first-order valence-electron chi connectivity index (χ1n) is 5.43. The Bertz CT molecular complexity index is 532. The SMILES string of the molecule is Cc1ccc(NS(=O)(=O)CC(C)(C)C(=O)O)cc1. The third-order valence-electron chi connectivity index (χ3n) is 2.45. The summed E-state index contributed by atoms with van der Waals surface area (Å²) in [5.74, 6) is -1.61. The van der Waals surface area contributed by atoms with E-state index in [0.717, 1.165) is 5.56 Å². The minimum Gasteiger partial charge on any atom is -0.481 e. The van der Waals surface area contributed by atoms with Crippen LogP contribution >= 0.6 is 0 Å². The fraction of sp³-hybridized carbons (Fsp3) is 0.417. The van der Waals surface area contributed by atoms with E-state index in [0.29, 0.717) is 5.69 Å². The van der Waals surface area contributed by atoms with Crippen molar-refractivity contribution in [3.8, 4) is 0 Å². The Morgan fingerprint density at radius 3 is 2.22 bits per heavy atom. The van der Waals surface area contributed by atoms with Crippen LogP contribution in [0.25, 0.3) is 0 Å². The van der Waals surface area contributed by atoms with Gasteiger partial charge in [0.05, 0.1) is 11.2 Å². The second kappa shape index (κ2) is 4.97. The highest BCUT2D eigenvalue weighted by molar-refractivity contribution is 7.92. The molecule has 0 atom stereocenters. The van der Waals surface area contributed by atoms with E-state index >= 15 is 0 Å². The number of carboxylic acid groups (broad SMARTS) is 1. The van der Waals surface area contributed by atoms with E-state index in [2.05, 4.69) is 4.72 Å². The molecular formula is C12H17NO4S. The number of hydrogen-bond donors (Lipinski definition) is 2. The number of nitrogens with one attached hydrogen (secondary N) is 1. The number of aliphatic carboxylic acids is 1. The van der Waals surface area contributed by atoms with Gasteiger partial charge in [-0.05, 0) is 32.9 Å². The molecule has 0 bridgehead atoms. The van der Waals surface area contributed by atoms with Crippen LogP contribution in [0.2, 0.25) is 0 Å². The van der Waals surface area contributed by atoms with E-state index in [-0.39, 0.29) is 0 Å². The molecule has 6 heteroatoms. The number of hydrogen-bond acceptors (Lipinski definition) is 3. The lowest BCUT2D eigenvalue weighted by Gasteiger charge is -2.19. The number of carbonyl (C=O) groups is 1. The van der Waals surface area contributed by atoms with Crippen molar-refractivity contribution in [2.24, 2.45) is 5.41 Å². The standard InChI is InChI=1S/C12H17NO4S/c1-9-4-6-10(7-5-9)13-18(16,17)8-12(2,3)11(14)15/h4-7,13H,8H2,1-3H3,(H,14,15). The Hall–Kier alpha value is -1.56. The van der Waals surface area contributed by atoms with Crippen LogP contribution in [0.5, 0.6) is 0 Å². The predicted molar refractivity (Wildman–Crippen MR) is 70.0 cm³/mol. The van der Waals surface area contributed by atoms with Crippen LogP contribution in [0.15, 0.2) is 24.3 Å². The zero-order chi connectivity index (χ0) is 14.0. The van der Waals surface area contributed by atoms with E-state index < -0.39 is 27.2 Å². The quantitative estimate of drug-likeness (QED) is 0.856. The molecule has 0 saturated carbocycles. The first-order chi connectivity index (χ1) is 8.12. The summed E-state index contributed by atoms with van der Waals surface area (Å²) in [6.45, 7) is 4.65. The molecule has 2 N–H and O–H groups in total. The normalized spacial score (nSPS) is 12.2. The van der Waals surface area contributed by atoms with Gasteiger partial charge in [0, 0.05) is 5.69 Å². The Morgan fingerprint density at radius 1 is 1.28 bits per heavy atom. The van der Waals surface area contributed by atoms with Gasteiger partial charge in [-0.2, -0.15) is 0 Å². The molecule has 18 heavy (non-hydrogen) atoms. The lowest BCUT2D eigenvalue weighted by Crippen LogP contribution is -2.34. The van der Waals surface area contributed by atoms with Gasteiger partial charge in [0.25, 0.3) is 0 Å². The summed E-state index contributed by atoms with van der Waals surface area (Å²) >= 11 is 0. The van der Waals surface area contributed by atoms with E-state index in [9.17, 15) is 13.2 Å². The van der Waals surface area contributed by atoms with Crippen molar-refractivity contribution >= 4 is 21.7 Å². The molecule has 0 aliphatic carbocycles. The number of carboxylic acids is 1. The van der Waals surface area contributed by atoms with Gasteiger partial charge >= 0.3 is 5.97 Å². The maximum absolute atomic E-state index is 11.8. The van der Waals surface area contributed by atoms with Crippen molar-refractivity contribution in [1.29, 1.82) is 0 Å². The minimum atomic E-state index is -3.68. The average molecular weight is 271 g/mol. The molecule has 0 aliphatic heterocycles. The minimum absolute atomic E-state index is 0.432. The molecule has 0 aromatic heterocycles. The molecule has 1 aromatic rings. The van der Waals surface area contributed by atoms with Crippen molar-refractivity contribution in [2.45, 2.75) is 20.8 Å². The van der Waals surface area contributed by atoms with Crippen molar-refractivity contribution in [2.75, 3.05) is 10.5 Å². The molecule has 1 rings (SSSR count). The largest absolute Gasteiger partial charge is 0.481 e. The molecule has 0 saturated heterocycles. The van der Waals surface area contributed by atoms with Gasteiger partial charge in [-0.1, -0.05) is 17.7 Å². The highest BCUT2D eigenvalue weighted by Crippen LogP contribution is 2.20. The first kappa shape index (κ1) is 14.5. The lowest BCUT2D eigenvalue weighted by molar-refractivity contribution is -0.145. The number of sulfonamides is 1. The third-order valence-corrected chi connectivity index (χ3v) is 4.10. The monoisotopic (exact) mass is 271 g/mol. The smallest absolute Gasteiger partial charge is 0.310 e. The highest BCUT2D eigenvalue weighted by atomic mass is 32.2. The van der Waals surface area contributed by atoms with Gasteiger partial charge in [0.15, 0.2) is 0 Å². The molecule has 5 nitrogen and oxygen atoms in total. The molecular weight excluding hydrogens is 254 g/mol. The van der Waals surface area contributed by atoms with Crippen LogP contribution in [-0.4, -0.2) is 25.2 Å². The Kier molecular flexibility index (Phi) is 4.01. The molecule has 0 fully saturated rings. The Balaban J connectivity index is 2.83. The Morgan fingerprint density at radius 2 is 1.78 bits per heavy atom. The first-order valence-corrected chi connectivity index (χ1v) is 7.08. The summed E-state index contributed by atoms with van der Waals surface area (Å²) in [6, 6.07) is 6.84. The maximum Gasteiger partial charge on any atom is 0.310 e. The van der Waals surface area contributed by atoms with E-state index in [1.54, 1.807) is 24.3 Å². The zero-order valence-corrected chi connectivity index (χ0v) is 11.4. The average Bonchev–Trinajstić information content (AvgIpc) is 2.19. The van der Waals surface area contributed by atoms with Crippen molar-refractivity contribution in [3.63, 3.8) is 0 Å². The molecule has 0 aliphatic rings. The predicted octanol–water partition coefficient (Wildman–Crippen LogP) is 1.85. The fourth-order valence-electron chi connectivity index (χ4n) is 1.37. The molecule has 0 spiro atoms. The molecule has 0 amide bonds. The third kappa shape index (κ3) is 4.03. The van der Waals surface area contributed by atoms with Crippen molar-refractivity contribution < 1.29 is 18.3 Å². The van der Waals surface area contributed by atoms with Crippen LogP contribution in [0.3, 0.4) is 0 Å². The zero-order valence-electron chi connectivity index (χ0n) is 10.6. The summed E-state index contributed by atoms with van der Waals surface area (Å²) < 4.78 is 26.0. The molecule has 0 radical (unpaired) electrons. The summed E-state index contributed by atoms with van der Waals surface area (Å²) in [5, 5.41) is 8.91. The van der Waals surface area contributed by atoms with E-state index in [1.165, 1.54) is 13.8 Å². The second-order valence-corrected chi connectivity index (χ2v) is 6.64. The molecule has 1 aromatic carbocycles. The van der Waals surface area contributed by atoms with Crippen molar-refractivity contribution in [1.82, 2.24) is 0 Å². The number of benzene rings is 1. The van der Waals surface area contributed by atoms with Gasteiger partial charge in [-0.25, -0.2) is 8.42 Å². The highest BCUT2D eigenvalue weighted by Gasteiger charge is 2.33. The van der Waals surface area contributed by atoms with Crippen LogP contribution in [0.1, 0.15) is 19.4 Å². The number of rotatable bonds is 5. The van der Waals surface area contributed by atoms with Gasteiger partial charge in [-0.15, -0.1) is 0 Å². The lowest BCUT2D eigenvalue weighted by atomic mass is 9.97. The second-order valence-electron chi connectivity index (χ2n) is 4.92. The fourth-order valence-corrected chi connectivity index (χ4v) is 3.01. The van der Waals surface area contributed by atoms with Crippen LogP contribution in [-0.2, 0) is 14.8 Å². The number of aryl methyl sites for hydroxylation is 1. The van der Waals surface area contributed by atoms with Crippen LogP contribution < -0.4 is 4.72 Å². The molecule has 0 heterocycles. The molecule has 100 valence electrons.